The minimum atomic E-state index is -1.54. The third-order valence-electron chi connectivity index (χ3n) is 3.11. The number of hydrogen-bond acceptors (Lipinski definition) is 3. The molecule has 2 rings (SSSR count). The second-order valence-electron chi connectivity index (χ2n) is 4.37. The number of likely N-dealkylation sites (tertiary alicyclic amines) is 1. The van der Waals surface area contributed by atoms with Crippen molar-refractivity contribution in [3.8, 4) is 0 Å². The van der Waals surface area contributed by atoms with Crippen molar-refractivity contribution in [1.29, 1.82) is 0 Å². The minimum Gasteiger partial charge on any atom is -0.475 e. The van der Waals surface area contributed by atoms with Crippen molar-refractivity contribution in [2.75, 3.05) is 0 Å². The highest BCUT2D eigenvalue weighted by molar-refractivity contribution is 6.35. The zero-order valence-electron chi connectivity index (χ0n) is 10.0. The number of aliphatic carboxylic acids is 1. The molecular weight excluding hydrogens is 253 g/mol. The molecule has 19 heavy (non-hydrogen) atoms. The van der Waals surface area contributed by atoms with Crippen molar-refractivity contribution in [3.63, 3.8) is 0 Å². The molecule has 1 fully saturated rings. The normalized spacial score (nSPS) is 18.7. The summed E-state index contributed by atoms with van der Waals surface area (Å²) < 4.78 is 12.8. The molecule has 1 aliphatic heterocycles. The van der Waals surface area contributed by atoms with Crippen LogP contribution in [0.5, 0.6) is 0 Å². The van der Waals surface area contributed by atoms with Gasteiger partial charge in [0.15, 0.2) is 0 Å². The molecule has 0 bridgehead atoms. The Bertz CT molecular complexity index is 526. The van der Waals surface area contributed by atoms with E-state index in [1.54, 1.807) is 0 Å². The summed E-state index contributed by atoms with van der Waals surface area (Å²) in [5.41, 5.74) is 0.653. The lowest BCUT2D eigenvalue weighted by molar-refractivity contribution is -0.152. The Labute approximate surface area is 108 Å². The maximum absolute atomic E-state index is 12.8. The van der Waals surface area contributed by atoms with Crippen LogP contribution in [0.3, 0.4) is 0 Å². The van der Waals surface area contributed by atoms with E-state index >= 15 is 0 Å². The fourth-order valence-electron chi connectivity index (χ4n) is 2.13. The molecule has 5 nitrogen and oxygen atoms in total. The zero-order valence-corrected chi connectivity index (χ0v) is 10.0. The van der Waals surface area contributed by atoms with Crippen molar-refractivity contribution in [3.05, 3.63) is 35.6 Å². The number of halogens is 1. The van der Waals surface area contributed by atoms with Crippen LogP contribution in [0.25, 0.3) is 0 Å². The Morgan fingerprint density at radius 2 is 1.95 bits per heavy atom. The molecule has 1 amide bonds. The third kappa shape index (κ3) is 2.78. The fraction of sp³-hybridized carbons (Fsp3) is 0.308. The number of carbonyl (C=O) groups is 3. The van der Waals surface area contributed by atoms with Crippen molar-refractivity contribution in [1.82, 2.24) is 4.90 Å². The molecule has 0 radical (unpaired) electrons. The molecule has 0 saturated carbocycles. The smallest absolute Gasteiger partial charge is 0.374 e. The topological polar surface area (TPSA) is 74.7 Å². The molecule has 1 unspecified atom stereocenters. The monoisotopic (exact) mass is 265 g/mol. The van der Waals surface area contributed by atoms with Gasteiger partial charge >= 0.3 is 5.97 Å². The van der Waals surface area contributed by atoms with Crippen molar-refractivity contribution in [2.24, 2.45) is 0 Å². The molecule has 1 atom stereocenters. The SMILES string of the molecule is O=C(O)C(=O)C1CCC(=O)N1Cc1ccc(F)cc1. The van der Waals surface area contributed by atoms with E-state index in [2.05, 4.69) is 0 Å². The summed E-state index contributed by atoms with van der Waals surface area (Å²) in [4.78, 5) is 35.1. The average Bonchev–Trinajstić information content (AvgIpc) is 2.73. The first kappa shape index (κ1) is 13.2. The Morgan fingerprint density at radius 3 is 2.53 bits per heavy atom. The van der Waals surface area contributed by atoms with Crippen LogP contribution < -0.4 is 0 Å². The Hall–Kier alpha value is -2.24. The van der Waals surface area contributed by atoms with Crippen LogP contribution in [0.4, 0.5) is 4.39 Å². The molecule has 1 heterocycles. The van der Waals surface area contributed by atoms with Gasteiger partial charge in [-0.1, -0.05) is 12.1 Å². The van der Waals surface area contributed by atoms with E-state index in [0.717, 1.165) is 0 Å². The quantitative estimate of drug-likeness (QED) is 0.823. The standard InChI is InChI=1S/C13H12FNO4/c14-9-3-1-8(2-4-9)7-15-10(5-6-11(15)16)12(17)13(18)19/h1-4,10H,5-7H2,(H,18,19). The van der Waals surface area contributed by atoms with Gasteiger partial charge in [-0.15, -0.1) is 0 Å². The van der Waals surface area contributed by atoms with Crippen LogP contribution in [0.15, 0.2) is 24.3 Å². The Morgan fingerprint density at radius 1 is 1.32 bits per heavy atom. The van der Waals surface area contributed by atoms with Gasteiger partial charge in [-0.3, -0.25) is 9.59 Å². The summed E-state index contributed by atoms with van der Waals surface area (Å²) in [6.07, 6.45) is 0.371. The maximum Gasteiger partial charge on any atom is 0.374 e. The molecular formula is C13H12FNO4. The predicted molar refractivity (Wildman–Crippen MR) is 62.6 cm³/mol. The second-order valence-corrected chi connectivity index (χ2v) is 4.37. The number of carboxylic acids is 1. The van der Waals surface area contributed by atoms with Gasteiger partial charge in [0, 0.05) is 13.0 Å². The lowest BCUT2D eigenvalue weighted by atomic mass is 10.1. The highest BCUT2D eigenvalue weighted by Gasteiger charge is 2.38. The summed E-state index contributed by atoms with van der Waals surface area (Å²) >= 11 is 0. The van der Waals surface area contributed by atoms with Gasteiger partial charge in [0.25, 0.3) is 5.78 Å². The van der Waals surface area contributed by atoms with Gasteiger partial charge in [0.2, 0.25) is 5.91 Å². The number of ketones is 1. The Kier molecular flexibility index (Phi) is 3.59. The van der Waals surface area contributed by atoms with Gasteiger partial charge in [-0.2, -0.15) is 0 Å². The summed E-state index contributed by atoms with van der Waals surface area (Å²) in [6, 6.07) is 4.59. The number of Topliss-reactive ketones (excluding diaryl/α,β-unsaturated/α-hetero) is 1. The molecule has 6 heteroatoms. The lowest BCUT2D eigenvalue weighted by Crippen LogP contribution is -2.41. The number of carbonyl (C=O) groups excluding carboxylic acids is 2. The first-order valence-corrected chi connectivity index (χ1v) is 5.80. The van der Waals surface area contributed by atoms with Crippen LogP contribution >= 0.6 is 0 Å². The van der Waals surface area contributed by atoms with Crippen LogP contribution in [0.1, 0.15) is 18.4 Å². The highest BCUT2D eigenvalue weighted by Crippen LogP contribution is 2.22. The van der Waals surface area contributed by atoms with Gasteiger partial charge in [0.05, 0.1) is 0 Å². The highest BCUT2D eigenvalue weighted by atomic mass is 19.1. The summed E-state index contributed by atoms with van der Waals surface area (Å²) in [5.74, 6) is -3.17. The van der Waals surface area contributed by atoms with E-state index < -0.39 is 23.6 Å². The summed E-state index contributed by atoms with van der Waals surface area (Å²) in [7, 11) is 0. The second kappa shape index (κ2) is 5.17. The number of benzene rings is 1. The van der Waals surface area contributed by atoms with Crippen molar-refractivity contribution in [2.45, 2.75) is 25.4 Å². The molecule has 0 spiro atoms. The first-order chi connectivity index (χ1) is 8.99. The summed E-state index contributed by atoms with van der Waals surface area (Å²) in [6.45, 7) is 0.114. The van der Waals surface area contributed by atoms with E-state index in [0.29, 0.717) is 5.56 Å². The molecule has 1 N–H and O–H groups in total. The molecule has 1 aliphatic rings. The van der Waals surface area contributed by atoms with E-state index in [1.807, 2.05) is 0 Å². The largest absolute Gasteiger partial charge is 0.475 e. The van der Waals surface area contributed by atoms with Gasteiger partial charge in [-0.25, -0.2) is 9.18 Å². The van der Waals surface area contributed by atoms with Crippen molar-refractivity contribution >= 4 is 17.7 Å². The maximum atomic E-state index is 12.8. The molecule has 0 aliphatic carbocycles. The molecule has 1 aromatic carbocycles. The molecule has 0 aromatic heterocycles. The van der Waals surface area contributed by atoms with Crippen LogP contribution in [0, 0.1) is 5.82 Å². The lowest BCUT2D eigenvalue weighted by Gasteiger charge is -2.22. The summed E-state index contributed by atoms with van der Waals surface area (Å²) in [5, 5.41) is 8.71. The average molecular weight is 265 g/mol. The van der Waals surface area contributed by atoms with Gasteiger partial charge in [0.1, 0.15) is 11.9 Å². The van der Waals surface area contributed by atoms with Crippen molar-refractivity contribution < 1.29 is 23.9 Å². The first-order valence-electron chi connectivity index (χ1n) is 5.80. The van der Waals surface area contributed by atoms with E-state index in [-0.39, 0.29) is 25.3 Å². The molecule has 1 aromatic rings. The Balaban J connectivity index is 2.16. The number of carboxylic acid groups (broad SMARTS) is 1. The van der Waals surface area contributed by atoms with Crippen LogP contribution in [-0.4, -0.2) is 33.7 Å². The van der Waals surface area contributed by atoms with E-state index in [9.17, 15) is 18.8 Å². The molecule has 100 valence electrons. The van der Waals surface area contributed by atoms with Gasteiger partial charge < -0.3 is 10.0 Å². The van der Waals surface area contributed by atoms with Crippen LogP contribution in [-0.2, 0) is 20.9 Å². The van der Waals surface area contributed by atoms with E-state index in [1.165, 1.54) is 29.2 Å². The predicted octanol–water partition coefficient (Wildman–Crippen LogP) is 0.970. The third-order valence-corrected chi connectivity index (χ3v) is 3.11. The zero-order chi connectivity index (χ0) is 14.0. The van der Waals surface area contributed by atoms with E-state index in [4.69, 9.17) is 5.11 Å². The van der Waals surface area contributed by atoms with Crippen LogP contribution in [0.2, 0.25) is 0 Å². The number of hydrogen-bond donors (Lipinski definition) is 1. The molecule has 1 saturated heterocycles. The number of nitrogens with zero attached hydrogens (tertiary/aromatic N) is 1. The number of amides is 1. The van der Waals surface area contributed by atoms with Gasteiger partial charge in [-0.05, 0) is 24.1 Å². The fourth-order valence-corrected chi connectivity index (χ4v) is 2.13. The minimum absolute atomic E-state index is 0.114. The number of rotatable bonds is 4.